The van der Waals surface area contributed by atoms with Crippen molar-refractivity contribution in [3.05, 3.63) is 46.6 Å². The molecule has 0 saturated carbocycles. The number of aromatic nitrogens is 4. The first-order valence-corrected chi connectivity index (χ1v) is 6.37. The summed E-state index contributed by atoms with van der Waals surface area (Å²) in [6.07, 6.45) is 1.41. The molecule has 0 unspecified atom stereocenters. The number of aromatic amines is 1. The second-order valence-corrected chi connectivity index (χ2v) is 4.69. The van der Waals surface area contributed by atoms with Gasteiger partial charge in [0.1, 0.15) is 11.3 Å². The van der Waals surface area contributed by atoms with Gasteiger partial charge in [0.15, 0.2) is 10.8 Å². The van der Waals surface area contributed by atoms with Crippen LogP contribution in [-0.2, 0) is 0 Å². The third kappa shape index (κ3) is 2.43. The van der Waals surface area contributed by atoms with Crippen LogP contribution in [0.15, 0.2) is 24.5 Å². The van der Waals surface area contributed by atoms with Gasteiger partial charge in [0.25, 0.3) is 5.91 Å². The molecule has 0 atom stereocenters. The highest BCUT2D eigenvalue weighted by molar-refractivity contribution is 6.33. The van der Waals surface area contributed by atoms with Gasteiger partial charge in [0, 0.05) is 0 Å². The Morgan fingerprint density at radius 3 is 3.00 bits per heavy atom. The molecular weight excluding hydrogens is 297 g/mol. The number of rotatable bonds is 2. The number of benzene rings is 1. The molecule has 2 heterocycles. The second-order valence-electron chi connectivity index (χ2n) is 4.33. The summed E-state index contributed by atoms with van der Waals surface area (Å²) in [6, 6.07) is 4.56. The van der Waals surface area contributed by atoms with Crippen LogP contribution in [0.3, 0.4) is 0 Å². The van der Waals surface area contributed by atoms with Gasteiger partial charge in [-0.15, -0.1) is 0 Å². The summed E-state index contributed by atoms with van der Waals surface area (Å²) in [7, 11) is 0. The van der Waals surface area contributed by atoms with E-state index in [1.165, 1.54) is 12.4 Å². The zero-order chi connectivity index (χ0) is 15.0. The minimum atomic E-state index is -0.651. The molecule has 2 N–H and O–H groups in total. The van der Waals surface area contributed by atoms with Crippen LogP contribution in [0.25, 0.3) is 11.2 Å². The zero-order valence-corrected chi connectivity index (χ0v) is 11.6. The Labute approximate surface area is 123 Å². The van der Waals surface area contributed by atoms with Gasteiger partial charge >= 0.3 is 0 Å². The minimum Gasteiger partial charge on any atom is -0.341 e. The van der Waals surface area contributed by atoms with E-state index in [9.17, 15) is 9.18 Å². The highest BCUT2D eigenvalue weighted by Gasteiger charge is 2.16. The molecule has 0 aliphatic heterocycles. The number of hydrogen-bond donors (Lipinski definition) is 2. The Bertz CT molecular complexity index is 848. The first-order valence-electron chi connectivity index (χ1n) is 5.99. The third-order valence-corrected chi connectivity index (χ3v) is 3.18. The summed E-state index contributed by atoms with van der Waals surface area (Å²) in [5.41, 5.74) is 1.08. The first kappa shape index (κ1) is 13.4. The van der Waals surface area contributed by atoms with Crippen LogP contribution in [0.5, 0.6) is 0 Å². The van der Waals surface area contributed by atoms with E-state index in [4.69, 9.17) is 11.6 Å². The van der Waals surface area contributed by atoms with E-state index < -0.39 is 11.7 Å². The number of nitrogens with zero attached hydrogens (tertiary/aromatic N) is 3. The highest BCUT2D eigenvalue weighted by atomic mass is 35.5. The predicted molar refractivity (Wildman–Crippen MR) is 75.8 cm³/mol. The number of carbonyl (C=O) groups excluding carboxylic acids is 1. The molecular formula is C13H9ClFN5O. The zero-order valence-electron chi connectivity index (χ0n) is 10.8. The standard InChI is InChI=1S/C13H9ClFN5O/c1-6-3-2-4-7(8(6)15)12(21)20-13-18-10(14)9-11(19-13)17-5-16-9/h2-5H,1H3,(H2,16,17,18,19,20,21). The quantitative estimate of drug-likeness (QED) is 0.713. The minimum absolute atomic E-state index is 0.0366. The van der Waals surface area contributed by atoms with Crippen molar-refractivity contribution in [2.45, 2.75) is 6.92 Å². The number of halogens is 2. The van der Waals surface area contributed by atoms with Gasteiger partial charge in [-0.1, -0.05) is 23.7 Å². The Hall–Kier alpha value is -2.54. The van der Waals surface area contributed by atoms with Gasteiger partial charge < -0.3 is 4.98 Å². The molecule has 1 amide bonds. The van der Waals surface area contributed by atoms with E-state index >= 15 is 0 Å². The lowest BCUT2D eigenvalue weighted by molar-refractivity contribution is 0.102. The maximum atomic E-state index is 13.9. The van der Waals surface area contributed by atoms with Gasteiger partial charge in [-0.05, 0) is 18.6 Å². The number of carbonyl (C=O) groups is 1. The van der Waals surface area contributed by atoms with Gasteiger partial charge in [-0.25, -0.2) is 9.37 Å². The number of anilines is 1. The summed E-state index contributed by atoms with van der Waals surface area (Å²) in [6.45, 7) is 1.58. The lowest BCUT2D eigenvalue weighted by Gasteiger charge is -2.06. The summed E-state index contributed by atoms with van der Waals surface area (Å²) in [5.74, 6) is -1.27. The van der Waals surface area contributed by atoms with E-state index in [0.717, 1.165) is 0 Å². The number of amides is 1. The van der Waals surface area contributed by atoms with Crippen molar-refractivity contribution in [1.29, 1.82) is 0 Å². The van der Waals surface area contributed by atoms with Crippen LogP contribution in [0.4, 0.5) is 10.3 Å². The average molecular weight is 306 g/mol. The molecule has 0 radical (unpaired) electrons. The molecule has 0 fully saturated rings. The fourth-order valence-corrected chi connectivity index (χ4v) is 2.06. The van der Waals surface area contributed by atoms with Gasteiger partial charge in [0.05, 0.1) is 11.9 Å². The maximum absolute atomic E-state index is 13.9. The van der Waals surface area contributed by atoms with Crippen LogP contribution in [-0.4, -0.2) is 25.8 Å². The first-order chi connectivity index (χ1) is 10.1. The number of nitrogens with one attached hydrogen (secondary N) is 2. The molecule has 0 aliphatic rings. The van der Waals surface area contributed by atoms with E-state index in [1.54, 1.807) is 19.1 Å². The Balaban J connectivity index is 1.94. The van der Waals surface area contributed by atoms with E-state index in [1.807, 2.05) is 0 Å². The fourth-order valence-electron chi connectivity index (χ4n) is 1.85. The lowest BCUT2D eigenvalue weighted by atomic mass is 10.1. The molecule has 6 nitrogen and oxygen atoms in total. The highest BCUT2D eigenvalue weighted by Crippen LogP contribution is 2.19. The van der Waals surface area contributed by atoms with Crippen LogP contribution in [0.1, 0.15) is 15.9 Å². The average Bonchev–Trinajstić information content (AvgIpc) is 2.90. The van der Waals surface area contributed by atoms with E-state index in [2.05, 4.69) is 25.3 Å². The lowest BCUT2D eigenvalue weighted by Crippen LogP contribution is -2.16. The molecule has 0 saturated heterocycles. The number of aryl methyl sites for hydroxylation is 1. The summed E-state index contributed by atoms with van der Waals surface area (Å²) in [4.78, 5) is 26.7. The molecule has 1 aromatic carbocycles. The van der Waals surface area contributed by atoms with E-state index in [-0.39, 0.29) is 16.7 Å². The van der Waals surface area contributed by atoms with Crippen molar-refractivity contribution in [2.24, 2.45) is 0 Å². The Morgan fingerprint density at radius 2 is 2.19 bits per heavy atom. The monoisotopic (exact) mass is 305 g/mol. The van der Waals surface area contributed by atoms with Crippen LogP contribution in [0.2, 0.25) is 5.15 Å². The smallest absolute Gasteiger partial charge is 0.261 e. The molecule has 3 rings (SSSR count). The molecule has 21 heavy (non-hydrogen) atoms. The van der Waals surface area contributed by atoms with Crippen molar-refractivity contribution in [1.82, 2.24) is 19.9 Å². The fraction of sp³-hybridized carbons (Fsp3) is 0.0769. The molecule has 2 aromatic heterocycles. The molecule has 3 aromatic rings. The third-order valence-electron chi connectivity index (χ3n) is 2.90. The largest absolute Gasteiger partial charge is 0.341 e. The van der Waals surface area contributed by atoms with Gasteiger partial charge in [-0.2, -0.15) is 9.97 Å². The topological polar surface area (TPSA) is 83.6 Å². The summed E-state index contributed by atoms with van der Waals surface area (Å²) >= 11 is 5.94. The van der Waals surface area contributed by atoms with Gasteiger partial charge in [0.2, 0.25) is 5.95 Å². The summed E-state index contributed by atoms with van der Waals surface area (Å²) < 4.78 is 13.9. The SMILES string of the molecule is Cc1cccc(C(=O)Nc2nc(Cl)c3[nH]cnc3n2)c1F. The Kier molecular flexibility index (Phi) is 3.26. The van der Waals surface area contributed by atoms with Crippen molar-refractivity contribution >= 4 is 34.6 Å². The molecule has 106 valence electrons. The van der Waals surface area contributed by atoms with Crippen molar-refractivity contribution < 1.29 is 9.18 Å². The van der Waals surface area contributed by atoms with Gasteiger partial charge in [-0.3, -0.25) is 10.1 Å². The predicted octanol–water partition coefficient (Wildman–Crippen LogP) is 2.71. The molecule has 0 aliphatic carbocycles. The van der Waals surface area contributed by atoms with E-state index in [0.29, 0.717) is 16.7 Å². The number of H-pyrrole nitrogens is 1. The maximum Gasteiger partial charge on any atom is 0.261 e. The van der Waals surface area contributed by atoms with Crippen LogP contribution in [0, 0.1) is 12.7 Å². The molecule has 8 heteroatoms. The normalized spacial score (nSPS) is 10.8. The van der Waals surface area contributed by atoms with Crippen LogP contribution < -0.4 is 5.32 Å². The number of fused-ring (bicyclic) bond motifs is 1. The van der Waals surface area contributed by atoms with Crippen molar-refractivity contribution in [3.8, 4) is 0 Å². The van der Waals surface area contributed by atoms with Crippen molar-refractivity contribution in [3.63, 3.8) is 0 Å². The Morgan fingerprint density at radius 1 is 1.38 bits per heavy atom. The summed E-state index contributed by atoms with van der Waals surface area (Å²) in [5, 5.41) is 2.53. The molecule has 0 bridgehead atoms. The van der Waals surface area contributed by atoms with Crippen molar-refractivity contribution in [2.75, 3.05) is 5.32 Å². The number of hydrogen-bond acceptors (Lipinski definition) is 4. The molecule has 0 spiro atoms. The van der Waals surface area contributed by atoms with Crippen LogP contribution >= 0.6 is 11.6 Å². The number of imidazole rings is 1. The second kappa shape index (κ2) is 5.10.